The van der Waals surface area contributed by atoms with Crippen molar-refractivity contribution in [1.29, 1.82) is 0 Å². The van der Waals surface area contributed by atoms with Crippen molar-refractivity contribution < 1.29 is 8.42 Å². The van der Waals surface area contributed by atoms with Gasteiger partial charge < -0.3 is 10.2 Å². The molecule has 1 fully saturated rings. The van der Waals surface area contributed by atoms with E-state index in [0.717, 1.165) is 25.6 Å². The van der Waals surface area contributed by atoms with E-state index in [4.69, 9.17) is 0 Å². The fourth-order valence-corrected chi connectivity index (χ4v) is 4.33. The molecule has 1 aromatic rings. The summed E-state index contributed by atoms with van der Waals surface area (Å²) in [4.78, 5) is 7.18. The van der Waals surface area contributed by atoms with E-state index in [1.807, 2.05) is 6.92 Å². The van der Waals surface area contributed by atoms with Gasteiger partial charge in [0.15, 0.2) is 5.96 Å². The van der Waals surface area contributed by atoms with Crippen LogP contribution in [0.2, 0.25) is 0 Å². The van der Waals surface area contributed by atoms with Gasteiger partial charge in [0.2, 0.25) is 10.0 Å². The molecule has 1 saturated heterocycles. The number of sulfonamides is 1. The summed E-state index contributed by atoms with van der Waals surface area (Å²) in [5, 5.41) is 3.32. The molecule has 2 rings (SSSR count). The predicted octanol–water partition coefficient (Wildman–Crippen LogP) is 1.91. The maximum Gasteiger partial charge on any atom is 0.240 e. The summed E-state index contributed by atoms with van der Waals surface area (Å²) in [6.45, 7) is 10.1. The normalized spacial score (nSPS) is 22.0. The number of aliphatic imine (C=N–C) groups is 1. The molecule has 1 aliphatic heterocycles. The van der Waals surface area contributed by atoms with Gasteiger partial charge in [0, 0.05) is 26.2 Å². The number of hydrogen-bond acceptors (Lipinski definition) is 3. The van der Waals surface area contributed by atoms with E-state index in [1.54, 1.807) is 30.3 Å². The van der Waals surface area contributed by atoms with Gasteiger partial charge in [0.05, 0.1) is 11.4 Å². The zero-order chi connectivity index (χ0) is 18.3. The highest BCUT2D eigenvalue weighted by molar-refractivity contribution is 7.89. The highest BCUT2D eigenvalue weighted by atomic mass is 32.2. The summed E-state index contributed by atoms with van der Waals surface area (Å²) < 4.78 is 27.0. The fraction of sp³-hybridized carbons (Fsp3) is 0.611. The molecule has 0 bridgehead atoms. The second-order valence-electron chi connectivity index (χ2n) is 6.80. The third kappa shape index (κ3) is 6.01. The van der Waals surface area contributed by atoms with Crippen LogP contribution in [-0.2, 0) is 10.0 Å². The van der Waals surface area contributed by atoms with Crippen molar-refractivity contribution in [3.05, 3.63) is 30.3 Å². The first-order valence-electron chi connectivity index (χ1n) is 9.00. The SMILES string of the molecule is CCNC(=NCCNS(=O)(=O)c1ccccc1)N1CC(C)CC(C)C1. The van der Waals surface area contributed by atoms with Gasteiger partial charge in [-0.05, 0) is 37.3 Å². The van der Waals surface area contributed by atoms with Gasteiger partial charge >= 0.3 is 0 Å². The molecule has 2 unspecified atom stereocenters. The Balaban J connectivity index is 1.93. The van der Waals surface area contributed by atoms with Gasteiger partial charge in [-0.3, -0.25) is 4.99 Å². The van der Waals surface area contributed by atoms with E-state index < -0.39 is 10.0 Å². The predicted molar refractivity (Wildman–Crippen MR) is 102 cm³/mol. The highest BCUT2D eigenvalue weighted by Gasteiger charge is 2.24. The van der Waals surface area contributed by atoms with Gasteiger partial charge in [-0.25, -0.2) is 13.1 Å². The van der Waals surface area contributed by atoms with Crippen LogP contribution >= 0.6 is 0 Å². The molecule has 1 aromatic carbocycles. The monoisotopic (exact) mass is 366 g/mol. The van der Waals surface area contributed by atoms with Gasteiger partial charge in [-0.2, -0.15) is 0 Å². The average Bonchev–Trinajstić information content (AvgIpc) is 2.57. The first-order chi connectivity index (χ1) is 11.9. The summed E-state index contributed by atoms with van der Waals surface area (Å²) in [6.07, 6.45) is 1.24. The van der Waals surface area contributed by atoms with Gasteiger partial charge in [0.1, 0.15) is 0 Å². The molecule has 25 heavy (non-hydrogen) atoms. The molecule has 2 atom stereocenters. The van der Waals surface area contributed by atoms with Crippen LogP contribution in [0.5, 0.6) is 0 Å². The molecule has 1 heterocycles. The van der Waals surface area contributed by atoms with Gasteiger partial charge in [0.25, 0.3) is 0 Å². The molecule has 7 heteroatoms. The minimum atomic E-state index is -3.47. The van der Waals surface area contributed by atoms with E-state index in [-0.39, 0.29) is 11.4 Å². The lowest BCUT2D eigenvalue weighted by molar-refractivity contribution is 0.208. The van der Waals surface area contributed by atoms with E-state index in [0.29, 0.717) is 18.4 Å². The molecule has 2 N–H and O–H groups in total. The fourth-order valence-electron chi connectivity index (χ4n) is 3.29. The van der Waals surface area contributed by atoms with E-state index >= 15 is 0 Å². The standard InChI is InChI=1S/C18H30N4O2S/c1-4-19-18(22-13-15(2)12-16(3)14-22)20-10-11-21-25(23,24)17-8-6-5-7-9-17/h5-9,15-16,21H,4,10-14H2,1-3H3,(H,19,20). The Kier molecular flexibility index (Phi) is 7.25. The largest absolute Gasteiger partial charge is 0.357 e. The smallest absolute Gasteiger partial charge is 0.240 e. The zero-order valence-corrected chi connectivity index (χ0v) is 16.2. The highest BCUT2D eigenvalue weighted by Crippen LogP contribution is 2.20. The van der Waals surface area contributed by atoms with Gasteiger partial charge in [-0.1, -0.05) is 32.0 Å². The van der Waals surface area contributed by atoms with Crippen molar-refractivity contribution in [2.24, 2.45) is 16.8 Å². The minimum Gasteiger partial charge on any atom is -0.357 e. The van der Waals surface area contributed by atoms with Crippen molar-refractivity contribution in [3.8, 4) is 0 Å². The maximum absolute atomic E-state index is 12.2. The van der Waals surface area contributed by atoms with Crippen LogP contribution in [0.25, 0.3) is 0 Å². The number of rotatable bonds is 6. The second-order valence-corrected chi connectivity index (χ2v) is 8.56. The van der Waals surface area contributed by atoms with Crippen molar-refractivity contribution in [1.82, 2.24) is 14.9 Å². The summed E-state index contributed by atoms with van der Waals surface area (Å²) >= 11 is 0. The Labute approximate surface area is 151 Å². The topological polar surface area (TPSA) is 73.8 Å². The molecule has 0 amide bonds. The third-order valence-electron chi connectivity index (χ3n) is 4.22. The van der Waals surface area contributed by atoms with Crippen molar-refractivity contribution in [2.45, 2.75) is 32.1 Å². The number of likely N-dealkylation sites (tertiary alicyclic amines) is 1. The minimum absolute atomic E-state index is 0.282. The quantitative estimate of drug-likeness (QED) is 0.458. The Hall–Kier alpha value is -1.60. The molecule has 0 aromatic heterocycles. The molecule has 140 valence electrons. The first-order valence-corrected chi connectivity index (χ1v) is 10.5. The average molecular weight is 367 g/mol. The summed E-state index contributed by atoms with van der Waals surface area (Å²) in [5.41, 5.74) is 0. The number of guanidine groups is 1. The lowest BCUT2D eigenvalue weighted by Crippen LogP contribution is -2.48. The van der Waals surface area contributed by atoms with Crippen molar-refractivity contribution >= 4 is 16.0 Å². The maximum atomic E-state index is 12.2. The molecule has 6 nitrogen and oxygen atoms in total. The van der Waals surface area contributed by atoms with Crippen LogP contribution in [0.3, 0.4) is 0 Å². The number of nitrogens with zero attached hydrogens (tertiary/aromatic N) is 2. The lowest BCUT2D eigenvalue weighted by atomic mass is 9.92. The van der Waals surface area contributed by atoms with E-state index in [2.05, 4.69) is 33.8 Å². The van der Waals surface area contributed by atoms with Crippen molar-refractivity contribution in [2.75, 3.05) is 32.7 Å². The third-order valence-corrected chi connectivity index (χ3v) is 5.70. The Bertz CT molecular complexity index is 651. The molecular formula is C18H30N4O2S. The number of nitrogens with one attached hydrogen (secondary N) is 2. The van der Waals surface area contributed by atoms with Gasteiger partial charge in [-0.15, -0.1) is 0 Å². The molecule has 0 saturated carbocycles. The molecule has 0 spiro atoms. The first kappa shape index (κ1) is 19.7. The van der Waals surface area contributed by atoms with Crippen LogP contribution in [-0.4, -0.2) is 52.0 Å². The van der Waals surface area contributed by atoms with Crippen LogP contribution in [0.4, 0.5) is 0 Å². The van der Waals surface area contributed by atoms with Crippen LogP contribution in [0, 0.1) is 11.8 Å². The van der Waals surface area contributed by atoms with E-state index in [9.17, 15) is 8.42 Å². The lowest BCUT2D eigenvalue weighted by Gasteiger charge is -2.37. The zero-order valence-electron chi connectivity index (χ0n) is 15.4. The Morgan fingerprint density at radius 1 is 1.20 bits per heavy atom. The Morgan fingerprint density at radius 2 is 1.84 bits per heavy atom. The number of hydrogen-bond donors (Lipinski definition) is 2. The van der Waals surface area contributed by atoms with Crippen LogP contribution < -0.4 is 10.0 Å². The second kappa shape index (κ2) is 9.20. The summed E-state index contributed by atoms with van der Waals surface area (Å²) in [6, 6.07) is 8.41. The van der Waals surface area contributed by atoms with E-state index in [1.165, 1.54) is 6.42 Å². The molecule has 1 aliphatic rings. The molecule has 0 radical (unpaired) electrons. The number of benzene rings is 1. The number of piperidine rings is 1. The van der Waals surface area contributed by atoms with Crippen LogP contribution in [0.1, 0.15) is 27.2 Å². The summed E-state index contributed by atoms with van der Waals surface area (Å²) in [7, 11) is -3.47. The summed E-state index contributed by atoms with van der Waals surface area (Å²) in [5.74, 6) is 2.16. The Morgan fingerprint density at radius 3 is 2.44 bits per heavy atom. The van der Waals surface area contributed by atoms with Crippen LogP contribution in [0.15, 0.2) is 40.2 Å². The van der Waals surface area contributed by atoms with Crippen molar-refractivity contribution in [3.63, 3.8) is 0 Å². The molecular weight excluding hydrogens is 336 g/mol. The molecule has 0 aliphatic carbocycles.